The number of halogens is 1. The summed E-state index contributed by atoms with van der Waals surface area (Å²) in [7, 11) is -3.22. The van der Waals surface area contributed by atoms with Gasteiger partial charge in [0, 0.05) is 24.5 Å². The number of benzene rings is 1. The molecule has 1 amide bonds. The minimum Gasteiger partial charge on any atom is -0.312 e. The van der Waals surface area contributed by atoms with Gasteiger partial charge in [-0.05, 0) is 36.6 Å². The van der Waals surface area contributed by atoms with Crippen molar-refractivity contribution in [3.05, 3.63) is 23.8 Å². The molecule has 4 nitrogen and oxygen atoms in total. The zero-order chi connectivity index (χ0) is 14.0. The topological polar surface area (TPSA) is 54.5 Å². The predicted molar refractivity (Wildman–Crippen MR) is 78.6 cm³/mol. The SMILES string of the molecule is CC(=O)N1CCc2cc(S(=O)(=O)CCCBr)ccc21. The monoisotopic (exact) mass is 345 g/mol. The van der Waals surface area contributed by atoms with E-state index in [1.165, 1.54) is 6.92 Å². The molecule has 0 fully saturated rings. The van der Waals surface area contributed by atoms with Crippen molar-refractivity contribution >= 4 is 37.4 Å². The number of sulfone groups is 1. The lowest BCUT2D eigenvalue weighted by atomic mass is 10.2. The molecule has 0 spiro atoms. The molecular weight excluding hydrogens is 330 g/mol. The molecule has 0 aromatic heterocycles. The summed E-state index contributed by atoms with van der Waals surface area (Å²) in [4.78, 5) is 13.5. The molecule has 0 atom stereocenters. The molecule has 1 heterocycles. The standard InChI is InChI=1S/C13H16BrNO3S/c1-10(16)15-7-5-11-9-12(3-4-13(11)15)19(17,18)8-2-6-14/h3-4,9H,2,5-8H2,1H3. The fraction of sp³-hybridized carbons (Fsp3) is 0.462. The molecule has 0 saturated carbocycles. The van der Waals surface area contributed by atoms with Gasteiger partial charge in [-0.25, -0.2) is 8.42 Å². The van der Waals surface area contributed by atoms with Crippen LogP contribution in [0.25, 0.3) is 0 Å². The maximum atomic E-state index is 12.1. The van der Waals surface area contributed by atoms with Crippen molar-refractivity contribution in [3.8, 4) is 0 Å². The van der Waals surface area contributed by atoms with Crippen molar-refractivity contribution < 1.29 is 13.2 Å². The molecule has 1 aromatic carbocycles. The molecule has 6 heteroatoms. The first-order valence-electron chi connectivity index (χ1n) is 6.15. The van der Waals surface area contributed by atoms with Crippen LogP contribution in [0.15, 0.2) is 23.1 Å². The predicted octanol–water partition coefficient (Wildman–Crippen LogP) is 2.15. The largest absolute Gasteiger partial charge is 0.312 e. The Hall–Kier alpha value is -0.880. The van der Waals surface area contributed by atoms with Crippen molar-refractivity contribution in [3.63, 3.8) is 0 Å². The molecule has 19 heavy (non-hydrogen) atoms. The second-order valence-corrected chi connectivity index (χ2v) is 7.47. The van der Waals surface area contributed by atoms with Crippen molar-refractivity contribution in [2.75, 3.05) is 22.5 Å². The molecule has 1 aliphatic heterocycles. The van der Waals surface area contributed by atoms with E-state index in [4.69, 9.17) is 0 Å². The Labute approximate surface area is 121 Å². The Balaban J connectivity index is 2.31. The summed E-state index contributed by atoms with van der Waals surface area (Å²) in [5.74, 6) is 0.140. The first kappa shape index (κ1) is 14.5. The first-order valence-corrected chi connectivity index (χ1v) is 8.93. The summed E-state index contributed by atoms with van der Waals surface area (Å²) in [6.45, 7) is 2.16. The lowest BCUT2D eigenvalue weighted by molar-refractivity contribution is -0.116. The quantitative estimate of drug-likeness (QED) is 0.785. The van der Waals surface area contributed by atoms with Crippen molar-refractivity contribution in [2.24, 2.45) is 0 Å². The minimum atomic E-state index is -3.22. The normalized spacial score (nSPS) is 14.5. The first-order chi connectivity index (χ1) is 8.95. The Morgan fingerprint density at radius 1 is 1.42 bits per heavy atom. The van der Waals surface area contributed by atoms with Crippen molar-refractivity contribution in [1.82, 2.24) is 0 Å². The molecule has 0 N–H and O–H groups in total. The van der Waals surface area contributed by atoms with E-state index in [9.17, 15) is 13.2 Å². The molecule has 1 aliphatic rings. The van der Waals surface area contributed by atoms with Gasteiger partial charge in [0.25, 0.3) is 0 Å². The van der Waals surface area contributed by atoms with Crippen LogP contribution in [0.5, 0.6) is 0 Å². The highest BCUT2D eigenvalue weighted by atomic mass is 79.9. The van der Waals surface area contributed by atoms with Gasteiger partial charge in [0.05, 0.1) is 10.6 Å². The van der Waals surface area contributed by atoms with E-state index in [2.05, 4.69) is 15.9 Å². The maximum absolute atomic E-state index is 12.1. The molecule has 0 unspecified atom stereocenters. The van der Waals surface area contributed by atoms with Crippen LogP contribution >= 0.6 is 15.9 Å². The van der Waals surface area contributed by atoms with Crippen LogP contribution in [0, 0.1) is 0 Å². The molecular formula is C13H16BrNO3S. The number of anilines is 1. The lowest BCUT2D eigenvalue weighted by Gasteiger charge is -2.14. The molecule has 0 saturated heterocycles. The fourth-order valence-electron chi connectivity index (χ4n) is 2.26. The number of fused-ring (bicyclic) bond motifs is 1. The van der Waals surface area contributed by atoms with E-state index in [1.807, 2.05) is 0 Å². The molecule has 0 aliphatic carbocycles. The average Bonchev–Trinajstić information content (AvgIpc) is 2.79. The van der Waals surface area contributed by atoms with Crippen LogP contribution in [0.1, 0.15) is 18.9 Å². The van der Waals surface area contributed by atoms with E-state index in [1.54, 1.807) is 23.1 Å². The molecule has 1 aromatic rings. The second-order valence-electron chi connectivity index (χ2n) is 4.57. The summed E-state index contributed by atoms with van der Waals surface area (Å²) >= 11 is 3.24. The summed E-state index contributed by atoms with van der Waals surface area (Å²) in [6.07, 6.45) is 1.32. The molecule has 2 rings (SSSR count). The van der Waals surface area contributed by atoms with Crippen molar-refractivity contribution in [2.45, 2.75) is 24.7 Å². The Bertz CT molecular complexity index is 598. The Morgan fingerprint density at radius 2 is 2.16 bits per heavy atom. The maximum Gasteiger partial charge on any atom is 0.223 e. The fourth-order valence-corrected chi connectivity index (χ4v) is 4.27. The smallest absolute Gasteiger partial charge is 0.223 e. The van der Waals surface area contributed by atoms with Gasteiger partial charge >= 0.3 is 0 Å². The third-order valence-electron chi connectivity index (χ3n) is 3.23. The molecule has 0 bridgehead atoms. The van der Waals surface area contributed by atoms with Crippen LogP contribution in [0.2, 0.25) is 0 Å². The van der Waals surface area contributed by atoms with Crippen LogP contribution in [0.4, 0.5) is 5.69 Å². The Morgan fingerprint density at radius 3 is 2.79 bits per heavy atom. The van der Waals surface area contributed by atoms with E-state index >= 15 is 0 Å². The number of alkyl halides is 1. The average molecular weight is 346 g/mol. The summed E-state index contributed by atoms with van der Waals surface area (Å²) < 4.78 is 24.2. The van der Waals surface area contributed by atoms with Gasteiger partial charge in [0.1, 0.15) is 0 Å². The van der Waals surface area contributed by atoms with Gasteiger partial charge < -0.3 is 4.90 Å². The summed E-state index contributed by atoms with van der Waals surface area (Å²) in [5, 5.41) is 0.676. The second kappa shape index (κ2) is 5.63. The minimum absolute atomic E-state index is 0.00588. The van der Waals surface area contributed by atoms with Crippen LogP contribution in [-0.4, -0.2) is 32.0 Å². The number of carbonyl (C=O) groups excluding carboxylic acids is 1. The summed E-state index contributed by atoms with van der Waals surface area (Å²) in [6, 6.07) is 5.05. The van der Waals surface area contributed by atoms with Crippen LogP contribution in [-0.2, 0) is 21.1 Å². The number of hydrogen-bond donors (Lipinski definition) is 0. The van der Waals surface area contributed by atoms with Gasteiger partial charge in [0.15, 0.2) is 9.84 Å². The zero-order valence-electron chi connectivity index (χ0n) is 10.7. The third-order valence-corrected chi connectivity index (χ3v) is 5.59. The third kappa shape index (κ3) is 3.00. The highest BCUT2D eigenvalue weighted by Crippen LogP contribution is 2.30. The van der Waals surface area contributed by atoms with Gasteiger partial charge in [0.2, 0.25) is 5.91 Å². The van der Waals surface area contributed by atoms with E-state index in [-0.39, 0.29) is 11.7 Å². The Kier molecular flexibility index (Phi) is 4.30. The summed E-state index contributed by atoms with van der Waals surface area (Å²) in [5.41, 5.74) is 1.78. The highest BCUT2D eigenvalue weighted by Gasteiger charge is 2.24. The number of carbonyl (C=O) groups is 1. The van der Waals surface area contributed by atoms with Gasteiger partial charge in [-0.3, -0.25) is 4.79 Å². The van der Waals surface area contributed by atoms with E-state index in [0.717, 1.165) is 17.7 Å². The highest BCUT2D eigenvalue weighted by molar-refractivity contribution is 9.09. The molecule has 104 valence electrons. The molecule has 0 radical (unpaired) electrons. The van der Waals surface area contributed by atoms with Gasteiger partial charge in [-0.1, -0.05) is 15.9 Å². The van der Waals surface area contributed by atoms with Gasteiger partial charge in [-0.15, -0.1) is 0 Å². The number of nitrogens with zero attached hydrogens (tertiary/aromatic N) is 1. The van der Waals surface area contributed by atoms with Crippen LogP contribution < -0.4 is 4.90 Å². The zero-order valence-corrected chi connectivity index (χ0v) is 13.1. The van der Waals surface area contributed by atoms with E-state index in [0.29, 0.717) is 23.2 Å². The van der Waals surface area contributed by atoms with E-state index < -0.39 is 9.84 Å². The number of rotatable bonds is 4. The van der Waals surface area contributed by atoms with Crippen LogP contribution in [0.3, 0.4) is 0 Å². The van der Waals surface area contributed by atoms with Crippen molar-refractivity contribution in [1.29, 1.82) is 0 Å². The van der Waals surface area contributed by atoms with Gasteiger partial charge in [-0.2, -0.15) is 0 Å². The number of hydrogen-bond acceptors (Lipinski definition) is 3. The lowest BCUT2D eigenvalue weighted by Crippen LogP contribution is -2.25. The number of amides is 1.